The summed E-state index contributed by atoms with van der Waals surface area (Å²) >= 11 is 9.82. The minimum Gasteiger partial charge on any atom is -0.493 e. The predicted molar refractivity (Wildman–Crippen MR) is 92.3 cm³/mol. The molecule has 0 bridgehead atoms. The van der Waals surface area contributed by atoms with Crippen molar-refractivity contribution in [1.82, 2.24) is 5.32 Å². The number of hydrogen-bond acceptors (Lipinski definition) is 2. The van der Waals surface area contributed by atoms with E-state index in [4.69, 9.17) is 16.3 Å². The fourth-order valence-corrected chi connectivity index (χ4v) is 3.00. The maximum Gasteiger partial charge on any atom is 0.133 e. The fourth-order valence-electron chi connectivity index (χ4n) is 2.28. The molecule has 2 nitrogen and oxygen atoms in total. The molecule has 1 N–H and O–H groups in total. The zero-order valence-corrected chi connectivity index (χ0v) is 14.5. The summed E-state index contributed by atoms with van der Waals surface area (Å²) in [4.78, 5) is 0. The molecule has 0 aliphatic heterocycles. The van der Waals surface area contributed by atoms with Crippen LogP contribution in [0.4, 0.5) is 0 Å². The van der Waals surface area contributed by atoms with Gasteiger partial charge in [-0.15, -0.1) is 0 Å². The second-order valence-electron chi connectivity index (χ2n) is 4.76. The van der Waals surface area contributed by atoms with Gasteiger partial charge in [-0.25, -0.2) is 0 Å². The minimum absolute atomic E-state index is 0.205. The smallest absolute Gasteiger partial charge is 0.133 e. The van der Waals surface area contributed by atoms with Crippen molar-refractivity contribution < 1.29 is 4.74 Å². The van der Waals surface area contributed by atoms with Gasteiger partial charge in [-0.3, -0.25) is 0 Å². The molecule has 0 radical (unpaired) electrons. The van der Waals surface area contributed by atoms with E-state index in [1.54, 1.807) is 0 Å². The molecular weight excluding hydrogens is 350 g/mol. The Morgan fingerprint density at radius 1 is 1.24 bits per heavy atom. The molecule has 21 heavy (non-hydrogen) atoms. The average molecular weight is 369 g/mol. The highest BCUT2D eigenvalue weighted by Gasteiger charge is 2.13. The Hall–Kier alpha value is -1.03. The summed E-state index contributed by atoms with van der Waals surface area (Å²) in [5.74, 6) is 0.869. The second kappa shape index (κ2) is 7.83. The van der Waals surface area contributed by atoms with Crippen LogP contribution < -0.4 is 10.1 Å². The van der Waals surface area contributed by atoms with Crippen LogP contribution in [0.1, 0.15) is 24.1 Å². The number of benzene rings is 2. The lowest BCUT2D eigenvalue weighted by Crippen LogP contribution is -2.19. The number of likely N-dealkylation sites (N-methyl/N-ethyl adjacent to an activating group) is 1. The Labute approximate surface area is 139 Å². The van der Waals surface area contributed by atoms with Gasteiger partial charge < -0.3 is 10.1 Å². The van der Waals surface area contributed by atoms with E-state index in [1.807, 2.05) is 38.2 Å². The SMILES string of the molecule is CCOc1ccc(C(Cc2ccccc2Cl)NC)cc1Br. The Balaban J connectivity index is 2.21. The van der Waals surface area contributed by atoms with E-state index >= 15 is 0 Å². The molecule has 1 atom stereocenters. The van der Waals surface area contributed by atoms with E-state index in [0.717, 1.165) is 27.2 Å². The molecule has 2 aromatic rings. The molecule has 0 saturated carbocycles. The van der Waals surface area contributed by atoms with Crippen molar-refractivity contribution in [2.75, 3.05) is 13.7 Å². The van der Waals surface area contributed by atoms with Gasteiger partial charge in [0.25, 0.3) is 0 Å². The van der Waals surface area contributed by atoms with Gasteiger partial charge in [0.1, 0.15) is 5.75 Å². The number of hydrogen-bond donors (Lipinski definition) is 1. The van der Waals surface area contributed by atoms with Crippen LogP contribution in [-0.4, -0.2) is 13.7 Å². The van der Waals surface area contributed by atoms with Crippen LogP contribution in [0.25, 0.3) is 0 Å². The Kier molecular flexibility index (Phi) is 6.09. The first-order valence-corrected chi connectivity index (χ1v) is 8.15. The molecule has 1 unspecified atom stereocenters. The number of ether oxygens (including phenoxy) is 1. The molecule has 0 spiro atoms. The Bertz CT molecular complexity index is 603. The molecule has 4 heteroatoms. The predicted octanol–water partition coefficient (Wildman–Crippen LogP) is 5.00. The van der Waals surface area contributed by atoms with Crippen molar-refractivity contribution in [2.45, 2.75) is 19.4 Å². The molecule has 2 rings (SSSR count). The maximum absolute atomic E-state index is 6.25. The largest absolute Gasteiger partial charge is 0.493 e. The summed E-state index contributed by atoms with van der Waals surface area (Å²) in [6, 6.07) is 14.4. The van der Waals surface area contributed by atoms with Gasteiger partial charge in [-0.2, -0.15) is 0 Å². The molecular formula is C17H19BrClNO. The third-order valence-corrected chi connectivity index (χ3v) is 4.38. The summed E-state index contributed by atoms with van der Waals surface area (Å²) in [5.41, 5.74) is 2.34. The van der Waals surface area contributed by atoms with Crippen molar-refractivity contribution in [1.29, 1.82) is 0 Å². The summed E-state index contributed by atoms with van der Waals surface area (Å²) in [7, 11) is 1.96. The Morgan fingerprint density at radius 3 is 2.62 bits per heavy atom. The number of halogens is 2. The van der Waals surface area contributed by atoms with Crippen LogP contribution in [0.15, 0.2) is 46.9 Å². The zero-order valence-electron chi connectivity index (χ0n) is 12.2. The second-order valence-corrected chi connectivity index (χ2v) is 6.02. The monoisotopic (exact) mass is 367 g/mol. The van der Waals surface area contributed by atoms with Gasteiger partial charge in [0, 0.05) is 11.1 Å². The highest BCUT2D eigenvalue weighted by molar-refractivity contribution is 9.10. The maximum atomic E-state index is 6.25. The molecule has 0 aliphatic rings. The lowest BCUT2D eigenvalue weighted by atomic mass is 9.99. The Morgan fingerprint density at radius 2 is 2.00 bits per heavy atom. The molecule has 0 aromatic heterocycles. The summed E-state index contributed by atoms with van der Waals surface area (Å²) in [5, 5.41) is 4.16. The normalized spacial score (nSPS) is 12.2. The van der Waals surface area contributed by atoms with Gasteiger partial charge in [0.05, 0.1) is 11.1 Å². The molecule has 0 fully saturated rings. The molecule has 2 aromatic carbocycles. The summed E-state index contributed by atoms with van der Waals surface area (Å²) in [6.07, 6.45) is 0.844. The van der Waals surface area contributed by atoms with Crippen LogP contribution in [0.5, 0.6) is 5.75 Å². The topological polar surface area (TPSA) is 21.3 Å². The van der Waals surface area contributed by atoms with Crippen molar-refractivity contribution in [3.8, 4) is 5.75 Å². The molecule has 0 aliphatic carbocycles. The minimum atomic E-state index is 0.205. The third-order valence-electron chi connectivity index (χ3n) is 3.39. The van der Waals surface area contributed by atoms with Crippen LogP contribution >= 0.6 is 27.5 Å². The van der Waals surface area contributed by atoms with E-state index in [-0.39, 0.29) is 6.04 Å². The summed E-state index contributed by atoms with van der Waals surface area (Å²) < 4.78 is 6.53. The van der Waals surface area contributed by atoms with Crippen LogP contribution in [-0.2, 0) is 6.42 Å². The lowest BCUT2D eigenvalue weighted by Gasteiger charge is -2.19. The number of rotatable bonds is 6. The molecule has 0 saturated heterocycles. The average Bonchev–Trinajstić information content (AvgIpc) is 2.49. The quantitative estimate of drug-likeness (QED) is 0.774. The van der Waals surface area contributed by atoms with Crippen molar-refractivity contribution in [3.05, 3.63) is 63.1 Å². The third kappa shape index (κ3) is 4.22. The lowest BCUT2D eigenvalue weighted by molar-refractivity contribution is 0.338. The summed E-state index contributed by atoms with van der Waals surface area (Å²) in [6.45, 7) is 2.64. The standard InChI is InChI=1S/C17H19BrClNO/c1-3-21-17-9-8-13(10-14(17)18)16(20-2)11-12-6-4-5-7-15(12)19/h4-10,16,20H,3,11H2,1-2H3. The fraction of sp³-hybridized carbons (Fsp3) is 0.294. The van der Waals surface area contributed by atoms with Crippen LogP contribution in [0.3, 0.4) is 0 Å². The van der Waals surface area contributed by atoms with E-state index in [2.05, 4.69) is 39.4 Å². The van der Waals surface area contributed by atoms with Gasteiger partial charge >= 0.3 is 0 Å². The van der Waals surface area contributed by atoms with Gasteiger partial charge in [0.2, 0.25) is 0 Å². The molecule has 112 valence electrons. The van der Waals surface area contributed by atoms with Crippen molar-refractivity contribution in [3.63, 3.8) is 0 Å². The van der Waals surface area contributed by atoms with Crippen molar-refractivity contribution in [2.24, 2.45) is 0 Å². The first-order valence-electron chi connectivity index (χ1n) is 6.98. The van der Waals surface area contributed by atoms with E-state index in [1.165, 1.54) is 5.56 Å². The zero-order chi connectivity index (χ0) is 15.2. The first kappa shape index (κ1) is 16.3. The van der Waals surface area contributed by atoms with Crippen molar-refractivity contribution >= 4 is 27.5 Å². The molecule has 0 heterocycles. The highest BCUT2D eigenvalue weighted by Crippen LogP contribution is 2.30. The van der Waals surface area contributed by atoms with Crippen LogP contribution in [0, 0.1) is 0 Å². The number of nitrogens with one attached hydrogen (secondary N) is 1. The van der Waals surface area contributed by atoms with Gasteiger partial charge in [-0.05, 0) is 65.6 Å². The van der Waals surface area contributed by atoms with Gasteiger partial charge in [0.15, 0.2) is 0 Å². The molecule has 0 amide bonds. The highest BCUT2D eigenvalue weighted by atomic mass is 79.9. The van der Waals surface area contributed by atoms with E-state index in [0.29, 0.717) is 6.61 Å². The van der Waals surface area contributed by atoms with Gasteiger partial charge in [-0.1, -0.05) is 35.9 Å². The van der Waals surface area contributed by atoms with E-state index in [9.17, 15) is 0 Å². The first-order chi connectivity index (χ1) is 10.2. The van der Waals surface area contributed by atoms with Crippen LogP contribution in [0.2, 0.25) is 5.02 Å². The van der Waals surface area contributed by atoms with E-state index < -0.39 is 0 Å².